The van der Waals surface area contributed by atoms with Crippen LogP contribution in [0.15, 0.2) is 84.0 Å². The smallest absolute Gasteiger partial charge is 0.145 e. The van der Waals surface area contributed by atoms with Gasteiger partial charge in [0.25, 0.3) is 0 Å². The van der Waals surface area contributed by atoms with Crippen molar-refractivity contribution in [2.45, 2.75) is 25.2 Å². The van der Waals surface area contributed by atoms with Crippen molar-refractivity contribution in [3.63, 3.8) is 0 Å². The van der Waals surface area contributed by atoms with E-state index < -0.39 is 6.10 Å². The van der Waals surface area contributed by atoms with Crippen LogP contribution in [-0.2, 0) is 11.4 Å². The van der Waals surface area contributed by atoms with Gasteiger partial charge in [0.05, 0.1) is 12.8 Å². The lowest BCUT2D eigenvalue weighted by atomic mass is 10.0. The van der Waals surface area contributed by atoms with Crippen LogP contribution in [0.4, 0.5) is 4.39 Å². The van der Waals surface area contributed by atoms with Crippen LogP contribution in [0, 0.1) is 5.82 Å². The molecule has 7 heteroatoms. The van der Waals surface area contributed by atoms with E-state index in [9.17, 15) is 9.50 Å². The molecule has 0 bridgehead atoms. The topological polar surface area (TPSA) is 63.5 Å². The maximum atomic E-state index is 13.3. The van der Waals surface area contributed by atoms with Crippen LogP contribution >= 0.6 is 0 Å². The lowest BCUT2D eigenvalue weighted by Gasteiger charge is -2.27. The van der Waals surface area contributed by atoms with Gasteiger partial charge in [0.15, 0.2) is 0 Å². The number of methoxy groups -OCH3 is 1. The minimum atomic E-state index is -0.690. The standard InChI is InChI=1S/C27H29FN2O4/c1-32-25-9-5-6-20(14-25)16-30(17-23(31)19-33-24-7-3-2-4-8-24)18-26-15-27(29-34-26)21-10-12-22(28)13-11-21/h2-14,23,26,31H,15-19H2,1H3/t23-,26-/m1/s1. The predicted octanol–water partition coefficient (Wildman–Crippen LogP) is 4.27. The quantitative estimate of drug-likeness (QED) is 0.459. The van der Waals surface area contributed by atoms with E-state index in [0.29, 0.717) is 26.1 Å². The molecule has 178 valence electrons. The van der Waals surface area contributed by atoms with Gasteiger partial charge >= 0.3 is 0 Å². The van der Waals surface area contributed by atoms with E-state index >= 15 is 0 Å². The summed E-state index contributed by atoms with van der Waals surface area (Å²) in [6, 6.07) is 23.5. The fraction of sp³-hybridized carbons (Fsp3) is 0.296. The minimum absolute atomic E-state index is 0.173. The largest absolute Gasteiger partial charge is 0.497 e. The summed E-state index contributed by atoms with van der Waals surface area (Å²) in [6.07, 6.45) is -0.255. The van der Waals surface area contributed by atoms with Crippen molar-refractivity contribution in [1.29, 1.82) is 0 Å². The van der Waals surface area contributed by atoms with Crippen LogP contribution in [0.2, 0.25) is 0 Å². The molecule has 0 fully saturated rings. The maximum Gasteiger partial charge on any atom is 0.145 e. The van der Waals surface area contributed by atoms with Crippen LogP contribution in [0.1, 0.15) is 17.5 Å². The van der Waals surface area contributed by atoms with Crippen molar-refractivity contribution in [3.8, 4) is 11.5 Å². The van der Waals surface area contributed by atoms with E-state index in [1.54, 1.807) is 19.2 Å². The van der Waals surface area contributed by atoms with E-state index in [4.69, 9.17) is 14.3 Å². The Bertz CT molecular complexity index is 1080. The molecule has 0 amide bonds. The Kier molecular flexibility index (Phi) is 8.12. The molecular formula is C27H29FN2O4. The van der Waals surface area contributed by atoms with Gasteiger partial charge in [-0.15, -0.1) is 0 Å². The summed E-state index contributed by atoms with van der Waals surface area (Å²) in [5.41, 5.74) is 2.70. The number of nitrogens with zero attached hydrogens (tertiary/aromatic N) is 2. The molecule has 0 aliphatic carbocycles. The molecule has 3 aromatic carbocycles. The molecule has 6 nitrogen and oxygen atoms in total. The number of oxime groups is 1. The van der Waals surface area contributed by atoms with E-state index in [-0.39, 0.29) is 18.5 Å². The minimum Gasteiger partial charge on any atom is -0.497 e. The third kappa shape index (κ3) is 6.79. The van der Waals surface area contributed by atoms with Gasteiger partial charge in [-0.2, -0.15) is 0 Å². The van der Waals surface area contributed by atoms with Gasteiger partial charge in [-0.25, -0.2) is 4.39 Å². The Morgan fingerprint density at radius 1 is 1.06 bits per heavy atom. The summed E-state index contributed by atoms with van der Waals surface area (Å²) < 4.78 is 24.3. The molecular weight excluding hydrogens is 435 g/mol. The van der Waals surface area contributed by atoms with Crippen LogP contribution < -0.4 is 9.47 Å². The predicted molar refractivity (Wildman–Crippen MR) is 129 cm³/mol. The van der Waals surface area contributed by atoms with Gasteiger partial charge in [0.1, 0.15) is 36.1 Å². The Balaban J connectivity index is 1.39. The van der Waals surface area contributed by atoms with Gasteiger partial charge in [0, 0.05) is 26.1 Å². The molecule has 0 unspecified atom stereocenters. The van der Waals surface area contributed by atoms with Gasteiger partial charge < -0.3 is 19.4 Å². The van der Waals surface area contributed by atoms with Gasteiger partial charge in [0.2, 0.25) is 0 Å². The van der Waals surface area contributed by atoms with E-state index in [1.807, 2.05) is 54.6 Å². The van der Waals surface area contributed by atoms with Crippen LogP contribution in [0.25, 0.3) is 0 Å². The van der Waals surface area contributed by atoms with Crippen molar-refractivity contribution in [2.75, 3.05) is 26.8 Å². The molecule has 0 saturated heterocycles. The first-order valence-electron chi connectivity index (χ1n) is 11.3. The monoisotopic (exact) mass is 464 g/mol. The number of rotatable bonds is 11. The Morgan fingerprint density at radius 2 is 1.82 bits per heavy atom. The van der Waals surface area contributed by atoms with Crippen LogP contribution in [-0.4, -0.2) is 54.7 Å². The number of hydrogen-bond donors (Lipinski definition) is 1. The molecule has 0 radical (unpaired) electrons. The van der Waals surface area contributed by atoms with Gasteiger partial charge in [-0.05, 0) is 47.5 Å². The first kappa shape index (κ1) is 23.7. The summed E-state index contributed by atoms with van der Waals surface area (Å²) >= 11 is 0. The molecule has 2 atom stereocenters. The molecule has 1 aliphatic heterocycles. The number of aliphatic hydroxyl groups is 1. The summed E-state index contributed by atoms with van der Waals surface area (Å²) in [5.74, 6) is 1.22. The second kappa shape index (κ2) is 11.6. The average Bonchev–Trinajstić information content (AvgIpc) is 3.32. The van der Waals surface area contributed by atoms with E-state index in [0.717, 1.165) is 28.3 Å². The zero-order valence-corrected chi connectivity index (χ0v) is 19.1. The van der Waals surface area contributed by atoms with Crippen molar-refractivity contribution in [2.24, 2.45) is 5.16 Å². The fourth-order valence-corrected chi connectivity index (χ4v) is 3.92. The number of hydrogen-bond acceptors (Lipinski definition) is 6. The summed E-state index contributed by atoms with van der Waals surface area (Å²) in [7, 11) is 1.64. The highest BCUT2D eigenvalue weighted by Crippen LogP contribution is 2.20. The second-order valence-corrected chi connectivity index (χ2v) is 8.30. The summed E-state index contributed by atoms with van der Waals surface area (Å²) in [4.78, 5) is 7.82. The summed E-state index contributed by atoms with van der Waals surface area (Å²) in [6.45, 7) is 1.75. The van der Waals surface area contributed by atoms with Crippen molar-refractivity contribution >= 4 is 5.71 Å². The molecule has 1 aliphatic rings. The highest BCUT2D eigenvalue weighted by molar-refractivity contribution is 6.01. The first-order valence-corrected chi connectivity index (χ1v) is 11.3. The van der Waals surface area contributed by atoms with Gasteiger partial charge in [-0.3, -0.25) is 4.90 Å². The molecule has 0 aromatic heterocycles. The van der Waals surface area contributed by atoms with Crippen LogP contribution in [0.3, 0.4) is 0 Å². The van der Waals surface area contributed by atoms with Crippen molar-refractivity contribution in [3.05, 3.63) is 95.8 Å². The number of aliphatic hydroxyl groups excluding tert-OH is 1. The van der Waals surface area contributed by atoms with Crippen LogP contribution in [0.5, 0.6) is 11.5 Å². The van der Waals surface area contributed by atoms with Crippen molar-refractivity contribution < 1.29 is 23.8 Å². The third-order valence-electron chi connectivity index (χ3n) is 5.57. The second-order valence-electron chi connectivity index (χ2n) is 8.30. The molecule has 0 spiro atoms. The van der Waals surface area contributed by atoms with E-state index in [1.165, 1.54) is 12.1 Å². The SMILES string of the molecule is COc1cccc(CN(C[C@@H](O)COc2ccccc2)C[C@H]2CC(c3ccc(F)cc3)=NO2)c1. The number of halogens is 1. The molecule has 0 saturated carbocycles. The highest BCUT2D eigenvalue weighted by atomic mass is 19.1. The Morgan fingerprint density at radius 3 is 2.59 bits per heavy atom. The number of para-hydroxylation sites is 1. The number of ether oxygens (including phenoxy) is 2. The molecule has 3 aromatic rings. The lowest BCUT2D eigenvalue weighted by Crippen LogP contribution is -2.39. The van der Waals surface area contributed by atoms with Crippen molar-refractivity contribution in [1.82, 2.24) is 4.90 Å². The maximum absolute atomic E-state index is 13.3. The van der Waals surface area contributed by atoms with E-state index in [2.05, 4.69) is 10.1 Å². The lowest BCUT2D eigenvalue weighted by molar-refractivity contribution is 0.0213. The Labute approximate surface area is 199 Å². The molecule has 1 N–H and O–H groups in total. The fourth-order valence-electron chi connectivity index (χ4n) is 3.92. The summed E-state index contributed by atoms with van der Waals surface area (Å²) in [5, 5.41) is 14.9. The number of benzene rings is 3. The van der Waals surface area contributed by atoms with Gasteiger partial charge in [-0.1, -0.05) is 47.6 Å². The first-order chi connectivity index (χ1) is 16.6. The molecule has 4 rings (SSSR count). The third-order valence-corrected chi connectivity index (χ3v) is 5.57. The normalized spacial score (nSPS) is 16.1. The molecule has 1 heterocycles. The average molecular weight is 465 g/mol. The zero-order chi connectivity index (χ0) is 23.8. The highest BCUT2D eigenvalue weighted by Gasteiger charge is 2.26. The Hall–Kier alpha value is -3.42. The molecule has 34 heavy (non-hydrogen) atoms. The zero-order valence-electron chi connectivity index (χ0n) is 19.1.